The number of anilines is 1. The van der Waals surface area contributed by atoms with Gasteiger partial charge in [-0.05, 0) is 23.8 Å². The number of hydrogen-bond acceptors (Lipinski definition) is 3. The molecule has 0 spiro atoms. The maximum Gasteiger partial charge on any atom is 0.122 e. The molecule has 2 aromatic carbocycles. The molecule has 94 valence electrons. The monoisotopic (exact) mass is 266 g/mol. The molecule has 0 aliphatic carbocycles. The van der Waals surface area contributed by atoms with E-state index in [1.165, 1.54) is 5.56 Å². The number of para-hydroxylation sites is 1. The van der Waals surface area contributed by atoms with Crippen molar-refractivity contribution in [3.8, 4) is 0 Å². The maximum atomic E-state index is 4.42. The number of thioether (sulfide) groups is 1. The number of rotatable bonds is 3. The Kier molecular flexibility index (Phi) is 3.65. The van der Waals surface area contributed by atoms with Gasteiger partial charge in [0, 0.05) is 0 Å². The van der Waals surface area contributed by atoms with Crippen molar-refractivity contribution in [1.82, 2.24) is 0 Å². The van der Waals surface area contributed by atoms with E-state index in [2.05, 4.69) is 41.5 Å². The highest BCUT2D eigenvalue weighted by Crippen LogP contribution is 2.28. The number of nitrogens with zero attached hydrogens (tertiary/aromatic N) is 2. The molecule has 1 aliphatic heterocycles. The van der Waals surface area contributed by atoms with Gasteiger partial charge in [-0.25, -0.2) is 5.01 Å². The first-order valence-corrected chi connectivity index (χ1v) is 7.13. The van der Waals surface area contributed by atoms with Gasteiger partial charge in [-0.1, -0.05) is 66.4 Å². The van der Waals surface area contributed by atoms with Gasteiger partial charge in [-0.2, -0.15) is 5.10 Å². The Balaban J connectivity index is 1.77. The summed E-state index contributed by atoms with van der Waals surface area (Å²) in [5, 5.41) is 6.68. The summed E-state index contributed by atoms with van der Waals surface area (Å²) in [5.41, 5.74) is 4.22. The van der Waals surface area contributed by atoms with E-state index < -0.39 is 0 Å². The lowest BCUT2D eigenvalue weighted by Crippen LogP contribution is -2.21. The van der Waals surface area contributed by atoms with Crippen molar-refractivity contribution in [1.29, 1.82) is 0 Å². The Morgan fingerprint density at radius 1 is 0.947 bits per heavy atom. The van der Waals surface area contributed by atoms with Crippen LogP contribution in [0.25, 0.3) is 6.08 Å². The van der Waals surface area contributed by atoms with Crippen LogP contribution in [0.5, 0.6) is 0 Å². The van der Waals surface area contributed by atoms with Gasteiger partial charge in [-0.15, -0.1) is 0 Å². The van der Waals surface area contributed by atoms with Crippen molar-refractivity contribution in [2.24, 2.45) is 5.10 Å². The summed E-state index contributed by atoms with van der Waals surface area (Å²) in [7, 11) is 0. The molecule has 19 heavy (non-hydrogen) atoms. The average Bonchev–Trinajstić information content (AvgIpc) is 2.95. The highest BCUT2D eigenvalue weighted by Gasteiger charge is 2.19. The fourth-order valence-corrected chi connectivity index (χ4v) is 2.68. The first-order valence-electron chi connectivity index (χ1n) is 6.19. The molecule has 0 fully saturated rings. The lowest BCUT2D eigenvalue weighted by molar-refractivity contribution is 0.922. The van der Waals surface area contributed by atoms with Gasteiger partial charge in [0.2, 0.25) is 0 Å². The van der Waals surface area contributed by atoms with Crippen LogP contribution in [0.4, 0.5) is 5.69 Å². The SMILES string of the molecule is C1=NN(c2ccccc2)C(/C=C/c2ccccc2)S1. The smallest absolute Gasteiger partial charge is 0.122 e. The molecule has 1 heterocycles. The molecule has 0 saturated carbocycles. The zero-order valence-corrected chi connectivity index (χ0v) is 11.2. The Morgan fingerprint density at radius 3 is 2.37 bits per heavy atom. The second-order valence-electron chi connectivity index (χ2n) is 4.20. The van der Waals surface area contributed by atoms with Crippen LogP contribution in [0, 0.1) is 0 Å². The predicted molar refractivity (Wildman–Crippen MR) is 84.3 cm³/mol. The van der Waals surface area contributed by atoms with E-state index >= 15 is 0 Å². The van der Waals surface area contributed by atoms with Crippen LogP contribution < -0.4 is 5.01 Å². The molecule has 1 aliphatic rings. The summed E-state index contributed by atoms with van der Waals surface area (Å²) < 4.78 is 0. The van der Waals surface area contributed by atoms with Crippen LogP contribution in [0.15, 0.2) is 71.8 Å². The van der Waals surface area contributed by atoms with Gasteiger partial charge in [0.25, 0.3) is 0 Å². The number of hydrogen-bond donors (Lipinski definition) is 0. The lowest BCUT2D eigenvalue weighted by atomic mass is 10.2. The van der Waals surface area contributed by atoms with Crippen LogP contribution in [-0.4, -0.2) is 10.9 Å². The van der Waals surface area contributed by atoms with Gasteiger partial charge in [-0.3, -0.25) is 0 Å². The fourth-order valence-electron chi connectivity index (χ4n) is 1.94. The van der Waals surface area contributed by atoms with Crippen molar-refractivity contribution in [3.05, 3.63) is 72.3 Å². The van der Waals surface area contributed by atoms with E-state index in [-0.39, 0.29) is 5.37 Å². The van der Waals surface area contributed by atoms with E-state index in [9.17, 15) is 0 Å². The topological polar surface area (TPSA) is 15.6 Å². The van der Waals surface area contributed by atoms with Gasteiger partial charge < -0.3 is 0 Å². The Bertz CT molecular complexity index is 578. The van der Waals surface area contributed by atoms with Crippen molar-refractivity contribution in [2.45, 2.75) is 5.37 Å². The zero-order valence-electron chi connectivity index (χ0n) is 10.4. The van der Waals surface area contributed by atoms with Crippen LogP contribution >= 0.6 is 11.8 Å². The van der Waals surface area contributed by atoms with E-state index in [1.54, 1.807) is 11.8 Å². The van der Waals surface area contributed by atoms with E-state index in [4.69, 9.17) is 0 Å². The highest BCUT2D eigenvalue weighted by atomic mass is 32.2. The van der Waals surface area contributed by atoms with Crippen LogP contribution in [0.2, 0.25) is 0 Å². The van der Waals surface area contributed by atoms with Gasteiger partial charge in [0.1, 0.15) is 5.37 Å². The normalized spacial score (nSPS) is 18.3. The van der Waals surface area contributed by atoms with Crippen LogP contribution in [-0.2, 0) is 0 Å². The Labute approximate surface area is 117 Å². The van der Waals surface area contributed by atoms with Crippen molar-refractivity contribution in [2.75, 3.05) is 5.01 Å². The zero-order chi connectivity index (χ0) is 12.9. The summed E-state index contributed by atoms with van der Waals surface area (Å²) in [4.78, 5) is 0. The van der Waals surface area contributed by atoms with Crippen LogP contribution in [0.1, 0.15) is 5.56 Å². The highest BCUT2D eigenvalue weighted by molar-refractivity contribution is 8.13. The molecule has 3 rings (SSSR count). The van der Waals surface area contributed by atoms with Gasteiger partial charge in [0.15, 0.2) is 0 Å². The Hall–Kier alpha value is -2.00. The first-order chi connectivity index (χ1) is 9.43. The minimum atomic E-state index is 0.225. The quantitative estimate of drug-likeness (QED) is 0.826. The first kappa shape index (κ1) is 12.1. The molecule has 2 aromatic rings. The molecule has 0 radical (unpaired) electrons. The Morgan fingerprint density at radius 2 is 1.63 bits per heavy atom. The minimum Gasteiger partial charge on any atom is -0.248 e. The fraction of sp³-hybridized carbons (Fsp3) is 0.0625. The molecule has 1 unspecified atom stereocenters. The average molecular weight is 266 g/mol. The predicted octanol–water partition coefficient (Wildman–Crippen LogP) is 4.22. The minimum absolute atomic E-state index is 0.225. The maximum absolute atomic E-state index is 4.42. The molecule has 0 bridgehead atoms. The van der Waals surface area contributed by atoms with E-state index in [0.717, 1.165) is 5.69 Å². The third-order valence-corrected chi connectivity index (χ3v) is 3.74. The summed E-state index contributed by atoms with van der Waals surface area (Å²) in [5.74, 6) is 0. The van der Waals surface area contributed by atoms with Crippen LogP contribution in [0.3, 0.4) is 0 Å². The number of hydrazone groups is 1. The van der Waals surface area contributed by atoms with Crippen molar-refractivity contribution >= 4 is 29.1 Å². The summed E-state index contributed by atoms with van der Waals surface area (Å²) >= 11 is 1.71. The molecule has 1 atom stereocenters. The molecule has 0 aromatic heterocycles. The van der Waals surface area contributed by atoms with Crippen molar-refractivity contribution < 1.29 is 0 Å². The summed E-state index contributed by atoms with van der Waals surface area (Å²) in [6.07, 6.45) is 4.32. The van der Waals surface area contributed by atoms with Crippen molar-refractivity contribution in [3.63, 3.8) is 0 Å². The summed E-state index contributed by atoms with van der Waals surface area (Å²) in [6.45, 7) is 0. The van der Waals surface area contributed by atoms with E-state index in [0.29, 0.717) is 0 Å². The molecule has 0 N–H and O–H groups in total. The molecular formula is C16H14N2S. The molecule has 2 nitrogen and oxygen atoms in total. The molecule has 0 saturated heterocycles. The summed E-state index contributed by atoms with van der Waals surface area (Å²) in [6, 6.07) is 20.6. The number of benzene rings is 2. The molecule has 0 amide bonds. The van der Waals surface area contributed by atoms with Gasteiger partial charge in [0.05, 0.1) is 11.2 Å². The second-order valence-corrected chi connectivity index (χ2v) is 5.16. The van der Waals surface area contributed by atoms with E-state index in [1.807, 2.05) is 47.0 Å². The largest absolute Gasteiger partial charge is 0.248 e. The molecular weight excluding hydrogens is 252 g/mol. The third-order valence-electron chi connectivity index (χ3n) is 2.89. The third kappa shape index (κ3) is 2.88. The lowest BCUT2D eigenvalue weighted by Gasteiger charge is -2.19. The molecule has 3 heteroatoms. The second kappa shape index (κ2) is 5.76. The van der Waals surface area contributed by atoms with Gasteiger partial charge >= 0.3 is 0 Å². The standard InChI is InChI=1S/C16H14N2S/c1-3-7-14(8-4-1)11-12-16-18(17-13-19-16)15-9-5-2-6-10-15/h1-13,16H/b12-11+.